The quantitative estimate of drug-likeness (QED) is 0.830. The van der Waals surface area contributed by atoms with Gasteiger partial charge in [-0.1, -0.05) is 13.0 Å². The number of aliphatic hydroxyl groups is 2. The summed E-state index contributed by atoms with van der Waals surface area (Å²) in [7, 11) is 0. The maximum Gasteiger partial charge on any atom is 0.126 e. The average Bonchev–Trinajstić information content (AvgIpc) is 2.30. The molecular formula is C14H21FO2. The zero-order chi connectivity index (χ0) is 13.0. The first-order chi connectivity index (χ1) is 7.99. The van der Waals surface area contributed by atoms with Crippen LogP contribution in [0, 0.1) is 19.7 Å². The highest BCUT2D eigenvalue weighted by molar-refractivity contribution is 5.33. The lowest BCUT2D eigenvalue weighted by Crippen LogP contribution is -2.17. The second kappa shape index (κ2) is 6.12. The van der Waals surface area contributed by atoms with Crippen LogP contribution >= 0.6 is 0 Å². The van der Waals surface area contributed by atoms with Crippen molar-refractivity contribution in [1.82, 2.24) is 0 Å². The minimum atomic E-state index is -0.777. The Balaban J connectivity index is 2.99. The van der Waals surface area contributed by atoms with Crippen molar-refractivity contribution in [1.29, 1.82) is 0 Å². The van der Waals surface area contributed by atoms with Gasteiger partial charge < -0.3 is 10.2 Å². The molecule has 2 atom stereocenters. The van der Waals surface area contributed by atoms with Gasteiger partial charge in [-0.05, 0) is 55.4 Å². The van der Waals surface area contributed by atoms with Crippen molar-refractivity contribution in [2.45, 2.75) is 45.6 Å². The number of aryl methyl sites for hydroxylation is 2. The molecule has 3 heteroatoms. The summed E-state index contributed by atoms with van der Waals surface area (Å²) in [5.41, 5.74) is 2.63. The SMILES string of the molecule is CCC(CC(O)CO)c1cc(C)c(C)cc1F. The van der Waals surface area contributed by atoms with E-state index in [0.717, 1.165) is 17.5 Å². The largest absolute Gasteiger partial charge is 0.394 e. The third-order valence-electron chi connectivity index (χ3n) is 3.31. The normalized spacial score (nSPS) is 14.7. The van der Waals surface area contributed by atoms with Crippen LogP contribution in [0.3, 0.4) is 0 Å². The lowest BCUT2D eigenvalue weighted by atomic mass is 9.88. The first kappa shape index (κ1) is 14.1. The molecule has 2 nitrogen and oxygen atoms in total. The molecule has 2 unspecified atom stereocenters. The molecule has 0 aliphatic carbocycles. The fraction of sp³-hybridized carbons (Fsp3) is 0.571. The van der Waals surface area contributed by atoms with Crippen molar-refractivity contribution in [2.75, 3.05) is 6.61 Å². The summed E-state index contributed by atoms with van der Waals surface area (Å²) in [6.07, 6.45) is 0.365. The summed E-state index contributed by atoms with van der Waals surface area (Å²) >= 11 is 0. The zero-order valence-corrected chi connectivity index (χ0v) is 10.7. The molecule has 17 heavy (non-hydrogen) atoms. The predicted octanol–water partition coefficient (Wildman–Crippen LogP) is 2.68. The molecule has 0 radical (unpaired) electrons. The molecule has 0 aliphatic heterocycles. The van der Waals surface area contributed by atoms with Gasteiger partial charge in [0.1, 0.15) is 5.82 Å². The van der Waals surface area contributed by atoms with Crippen LogP contribution in [0.5, 0.6) is 0 Å². The molecule has 0 heterocycles. The van der Waals surface area contributed by atoms with Gasteiger partial charge in [0, 0.05) is 0 Å². The highest BCUT2D eigenvalue weighted by Gasteiger charge is 2.18. The van der Waals surface area contributed by atoms with Crippen molar-refractivity contribution in [3.63, 3.8) is 0 Å². The summed E-state index contributed by atoms with van der Waals surface area (Å²) in [5, 5.41) is 18.3. The molecule has 1 aromatic carbocycles. The number of benzene rings is 1. The van der Waals surface area contributed by atoms with Gasteiger partial charge >= 0.3 is 0 Å². The van der Waals surface area contributed by atoms with Crippen LogP contribution in [-0.4, -0.2) is 22.9 Å². The highest BCUT2D eigenvalue weighted by atomic mass is 19.1. The Kier molecular flexibility index (Phi) is 5.09. The second-order valence-corrected chi connectivity index (χ2v) is 4.64. The van der Waals surface area contributed by atoms with Crippen molar-refractivity contribution in [3.05, 3.63) is 34.6 Å². The van der Waals surface area contributed by atoms with Gasteiger partial charge in [0.15, 0.2) is 0 Å². The maximum absolute atomic E-state index is 13.9. The van der Waals surface area contributed by atoms with Crippen LogP contribution in [0.25, 0.3) is 0 Å². The topological polar surface area (TPSA) is 40.5 Å². The lowest BCUT2D eigenvalue weighted by molar-refractivity contribution is 0.0814. The molecule has 1 rings (SSSR count). The van der Waals surface area contributed by atoms with Gasteiger partial charge in [0.05, 0.1) is 12.7 Å². The monoisotopic (exact) mass is 240 g/mol. The van der Waals surface area contributed by atoms with E-state index in [1.54, 1.807) is 6.07 Å². The summed E-state index contributed by atoms with van der Waals surface area (Å²) < 4.78 is 13.9. The van der Waals surface area contributed by atoms with Gasteiger partial charge in [0.25, 0.3) is 0 Å². The van der Waals surface area contributed by atoms with Crippen molar-refractivity contribution in [3.8, 4) is 0 Å². The van der Waals surface area contributed by atoms with Gasteiger partial charge in [-0.15, -0.1) is 0 Å². The van der Waals surface area contributed by atoms with Gasteiger partial charge in [-0.25, -0.2) is 4.39 Å². The molecule has 96 valence electrons. The average molecular weight is 240 g/mol. The maximum atomic E-state index is 13.9. The first-order valence-corrected chi connectivity index (χ1v) is 6.05. The first-order valence-electron chi connectivity index (χ1n) is 6.05. The Morgan fingerprint density at radius 3 is 2.35 bits per heavy atom. The summed E-state index contributed by atoms with van der Waals surface area (Å²) in [4.78, 5) is 0. The Hall–Kier alpha value is -0.930. The summed E-state index contributed by atoms with van der Waals surface area (Å²) in [6.45, 7) is 5.52. The standard InChI is InChI=1S/C14H21FO2/c1-4-11(7-12(17)8-16)13-5-9(2)10(3)6-14(13)15/h5-6,11-12,16-17H,4,7-8H2,1-3H3. The van der Waals surface area contributed by atoms with E-state index in [1.165, 1.54) is 0 Å². The molecule has 1 aromatic rings. The van der Waals surface area contributed by atoms with E-state index in [0.29, 0.717) is 12.0 Å². The van der Waals surface area contributed by atoms with E-state index < -0.39 is 6.10 Å². The third-order valence-corrected chi connectivity index (χ3v) is 3.31. The summed E-state index contributed by atoms with van der Waals surface area (Å²) in [5.74, 6) is -0.262. The molecule has 0 aliphatic rings. The molecule has 0 saturated carbocycles. The molecular weight excluding hydrogens is 219 g/mol. The van der Waals surface area contributed by atoms with E-state index >= 15 is 0 Å². The van der Waals surface area contributed by atoms with Crippen molar-refractivity contribution in [2.24, 2.45) is 0 Å². The second-order valence-electron chi connectivity index (χ2n) is 4.64. The van der Waals surface area contributed by atoms with Crippen molar-refractivity contribution >= 4 is 0 Å². The van der Waals surface area contributed by atoms with Crippen LogP contribution in [0.15, 0.2) is 12.1 Å². The fourth-order valence-corrected chi connectivity index (χ4v) is 2.03. The van der Waals surface area contributed by atoms with Crippen LogP contribution in [0.1, 0.15) is 42.4 Å². The lowest BCUT2D eigenvalue weighted by Gasteiger charge is -2.20. The van der Waals surface area contributed by atoms with Gasteiger partial charge in [-0.3, -0.25) is 0 Å². The molecule has 2 N–H and O–H groups in total. The van der Waals surface area contributed by atoms with E-state index in [-0.39, 0.29) is 18.3 Å². The molecule has 0 amide bonds. The minimum Gasteiger partial charge on any atom is -0.394 e. The number of halogens is 1. The molecule has 0 bridgehead atoms. The smallest absolute Gasteiger partial charge is 0.126 e. The van der Waals surface area contributed by atoms with E-state index in [4.69, 9.17) is 5.11 Å². The zero-order valence-electron chi connectivity index (χ0n) is 10.7. The van der Waals surface area contributed by atoms with Crippen molar-refractivity contribution < 1.29 is 14.6 Å². The third kappa shape index (κ3) is 3.51. The van der Waals surface area contributed by atoms with Crippen LogP contribution in [-0.2, 0) is 0 Å². The number of rotatable bonds is 5. The molecule has 0 aromatic heterocycles. The van der Waals surface area contributed by atoms with Gasteiger partial charge in [-0.2, -0.15) is 0 Å². The Morgan fingerprint density at radius 1 is 1.24 bits per heavy atom. The molecule has 0 saturated heterocycles. The van der Waals surface area contributed by atoms with E-state index in [1.807, 2.05) is 26.8 Å². The fourth-order valence-electron chi connectivity index (χ4n) is 2.03. The number of aliphatic hydroxyl groups excluding tert-OH is 2. The Labute approximate surface area is 102 Å². The van der Waals surface area contributed by atoms with Crippen LogP contribution in [0.2, 0.25) is 0 Å². The molecule has 0 fully saturated rings. The van der Waals surface area contributed by atoms with E-state index in [2.05, 4.69) is 0 Å². The Bertz CT molecular complexity index is 377. The minimum absolute atomic E-state index is 0.0450. The van der Waals surface area contributed by atoms with Crippen LogP contribution < -0.4 is 0 Å². The molecule has 0 spiro atoms. The van der Waals surface area contributed by atoms with Gasteiger partial charge in [0.2, 0.25) is 0 Å². The number of hydrogen-bond donors (Lipinski definition) is 2. The highest BCUT2D eigenvalue weighted by Crippen LogP contribution is 2.29. The predicted molar refractivity (Wildman–Crippen MR) is 66.6 cm³/mol. The van der Waals surface area contributed by atoms with Crippen LogP contribution in [0.4, 0.5) is 4.39 Å². The Morgan fingerprint density at radius 2 is 1.82 bits per heavy atom. The van der Waals surface area contributed by atoms with E-state index in [9.17, 15) is 9.50 Å². The number of hydrogen-bond acceptors (Lipinski definition) is 2. The summed E-state index contributed by atoms with van der Waals surface area (Å²) in [6, 6.07) is 3.39.